The van der Waals surface area contributed by atoms with Gasteiger partial charge in [0.25, 0.3) is 11.6 Å². The molecule has 1 saturated heterocycles. The summed E-state index contributed by atoms with van der Waals surface area (Å²) in [5, 5.41) is 20.2. The number of hydrogen-bond donors (Lipinski definition) is 0. The van der Waals surface area contributed by atoms with E-state index in [9.17, 15) is 14.9 Å². The van der Waals surface area contributed by atoms with E-state index in [0.717, 1.165) is 12.1 Å². The van der Waals surface area contributed by atoms with Crippen LogP contribution >= 0.6 is 0 Å². The monoisotopic (exact) mass is 442 g/mol. The Labute approximate surface area is 191 Å². The van der Waals surface area contributed by atoms with Crippen LogP contribution in [0.1, 0.15) is 21.5 Å². The van der Waals surface area contributed by atoms with Gasteiger partial charge in [-0.25, -0.2) is 0 Å². The van der Waals surface area contributed by atoms with Crippen LogP contribution in [0, 0.1) is 21.4 Å². The highest BCUT2D eigenvalue weighted by molar-refractivity contribution is 5.97. The molecule has 0 N–H and O–H groups in total. The molecule has 8 heteroatoms. The fourth-order valence-electron chi connectivity index (χ4n) is 3.73. The Kier molecular flexibility index (Phi) is 6.62. The first-order valence-electron chi connectivity index (χ1n) is 10.6. The maximum Gasteiger partial charge on any atom is 0.270 e. The average Bonchev–Trinajstić information content (AvgIpc) is 2.85. The molecule has 1 aliphatic rings. The number of amides is 1. The lowest BCUT2D eigenvalue weighted by Gasteiger charge is -2.35. The molecule has 0 spiro atoms. The lowest BCUT2D eigenvalue weighted by Crippen LogP contribution is -2.48. The SMILES string of the molecule is N#Cc1ccc(CN2CCN(C(=O)c3cc([N+](=O)[O-])ccc3Oc3ccccc3)CC2)cc1. The first kappa shape index (κ1) is 22.0. The molecule has 0 bridgehead atoms. The lowest BCUT2D eigenvalue weighted by molar-refractivity contribution is -0.384. The normalized spacial score (nSPS) is 13.8. The number of hydrogen-bond acceptors (Lipinski definition) is 6. The van der Waals surface area contributed by atoms with Crippen LogP contribution in [0.3, 0.4) is 0 Å². The molecule has 0 aliphatic carbocycles. The van der Waals surface area contributed by atoms with E-state index in [-0.39, 0.29) is 22.9 Å². The molecule has 33 heavy (non-hydrogen) atoms. The van der Waals surface area contributed by atoms with Crippen LogP contribution in [0.5, 0.6) is 11.5 Å². The van der Waals surface area contributed by atoms with Gasteiger partial charge in [-0.3, -0.25) is 19.8 Å². The molecule has 0 atom stereocenters. The van der Waals surface area contributed by atoms with Gasteiger partial charge in [-0.15, -0.1) is 0 Å². The standard InChI is InChI=1S/C25H22N4O4/c26-17-19-6-8-20(9-7-19)18-27-12-14-28(15-13-27)25(30)23-16-21(29(31)32)10-11-24(23)33-22-4-2-1-3-5-22/h1-11,16H,12-15,18H2. The van der Waals surface area contributed by atoms with Crippen molar-refractivity contribution in [3.05, 3.63) is 99.6 Å². The summed E-state index contributed by atoms with van der Waals surface area (Å²) >= 11 is 0. The van der Waals surface area contributed by atoms with Crippen molar-refractivity contribution in [3.63, 3.8) is 0 Å². The summed E-state index contributed by atoms with van der Waals surface area (Å²) < 4.78 is 5.87. The molecule has 1 heterocycles. The van der Waals surface area contributed by atoms with Crippen LogP contribution in [-0.4, -0.2) is 46.8 Å². The fourth-order valence-corrected chi connectivity index (χ4v) is 3.73. The molecular weight excluding hydrogens is 420 g/mol. The highest BCUT2D eigenvalue weighted by Gasteiger charge is 2.26. The molecular formula is C25H22N4O4. The number of nitro groups is 1. The minimum atomic E-state index is -0.515. The number of benzene rings is 3. The van der Waals surface area contributed by atoms with Gasteiger partial charge in [0.2, 0.25) is 0 Å². The van der Waals surface area contributed by atoms with Gasteiger partial charge in [0, 0.05) is 44.9 Å². The molecule has 166 valence electrons. The number of nitrogens with zero attached hydrogens (tertiary/aromatic N) is 4. The molecule has 1 aliphatic heterocycles. The molecule has 0 radical (unpaired) electrons. The van der Waals surface area contributed by atoms with E-state index in [1.165, 1.54) is 18.2 Å². The largest absolute Gasteiger partial charge is 0.457 e. The maximum absolute atomic E-state index is 13.3. The van der Waals surface area contributed by atoms with Gasteiger partial charge in [-0.05, 0) is 35.9 Å². The molecule has 1 amide bonds. The van der Waals surface area contributed by atoms with Crippen LogP contribution < -0.4 is 4.74 Å². The van der Waals surface area contributed by atoms with E-state index in [0.29, 0.717) is 37.5 Å². The van der Waals surface area contributed by atoms with Gasteiger partial charge in [-0.2, -0.15) is 5.26 Å². The number of non-ortho nitro benzene ring substituents is 1. The van der Waals surface area contributed by atoms with Crippen molar-refractivity contribution in [1.29, 1.82) is 5.26 Å². The first-order valence-corrected chi connectivity index (χ1v) is 10.6. The number of nitriles is 1. The zero-order valence-electron chi connectivity index (χ0n) is 17.9. The quantitative estimate of drug-likeness (QED) is 0.419. The minimum Gasteiger partial charge on any atom is -0.457 e. The maximum atomic E-state index is 13.3. The van der Waals surface area contributed by atoms with Crippen LogP contribution in [-0.2, 0) is 6.54 Å². The van der Waals surface area contributed by atoms with Crippen molar-refractivity contribution in [2.24, 2.45) is 0 Å². The predicted molar refractivity (Wildman–Crippen MR) is 122 cm³/mol. The summed E-state index contributed by atoms with van der Waals surface area (Å²) in [5.41, 5.74) is 1.75. The third kappa shape index (κ3) is 5.34. The minimum absolute atomic E-state index is 0.154. The molecule has 1 fully saturated rings. The van der Waals surface area contributed by atoms with E-state index in [1.54, 1.807) is 29.2 Å². The smallest absolute Gasteiger partial charge is 0.270 e. The van der Waals surface area contributed by atoms with E-state index < -0.39 is 4.92 Å². The van der Waals surface area contributed by atoms with E-state index in [1.807, 2.05) is 30.3 Å². The topological polar surface area (TPSA) is 99.7 Å². The number of para-hydroxylation sites is 1. The van der Waals surface area contributed by atoms with Crippen molar-refractivity contribution < 1.29 is 14.5 Å². The Morgan fingerprint density at radius 1 is 1.00 bits per heavy atom. The van der Waals surface area contributed by atoms with Gasteiger partial charge in [-0.1, -0.05) is 30.3 Å². The van der Waals surface area contributed by atoms with Crippen molar-refractivity contribution in [3.8, 4) is 17.6 Å². The second-order valence-electron chi connectivity index (χ2n) is 7.73. The van der Waals surface area contributed by atoms with Crippen LogP contribution in [0.25, 0.3) is 0 Å². The second-order valence-corrected chi connectivity index (χ2v) is 7.73. The zero-order chi connectivity index (χ0) is 23.2. The Hall–Kier alpha value is -4.22. The van der Waals surface area contributed by atoms with Crippen molar-refractivity contribution >= 4 is 11.6 Å². The number of nitro benzene ring substituents is 1. The summed E-state index contributed by atoms with van der Waals surface area (Å²) in [6.07, 6.45) is 0. The van der Waals surface area contributed by atoms with Gasteiger partial charge >= 0.3 is 0 Å². The number of carbonyl (C=O) groups excluding carboxylic acids is 1. The van der Waals surface area contributed by atoms with Crippen molar-refractivity contribution in [1.82, 2.24) is 9.80 Å². The summed E-state index contributed by atoms with van der Waals surface area (Å²) in [7, 11) is 0. The Morgan fingerprint density at radius 3 is 2.33 bits per heavy atom. The molecule has 0 aromatic heterocycles. The third-order valence-corrected chi connectivity index (χ3v) is 5.52. The summed E-state index contributed by atoms with van der Waals surface area (Å²) in [6, 6.07) is 22.7. The summed E-state index contributed by atoms with van der Waals surface area (Å²) in [4.78, 5) is 28.0. The third-order valence-electron chi connectivity index (χ3n) is 5.52. The zero-order valence-corrected chi connectivity index (χ0v) is 17.9. The number of ether oxygens (including phenoxy) is 1. The molecule has 0 unspecified atom stereocenters. The molecule has 4 rings (SSSR count). The number of carbonyl (C=O) groups is 1. The fraction of sp³-hybridized carbons (Fsp3) is 0.200. The van der Waals surface area contributed by atoms with Crippen molar-refractivity contribution in [2.45, 2.75) is 6.54 Å². The Morgan fingerprint density at radius 2 is 1.70 bits per heavy atom. The lowest BCUT2D eigenvalue weighted by atomic mass is 10.1. The van der Waals surface area contributed by atoms with Gasteiger partial charge < -0.3 is 9.64 Å². The average molecular weight is 442 g/mol. The molecule has 8 nitrogen and oxygen atoms in total. The van der Waals surface area contributed by atoms with E-state index in [2.05, 4.69) is 11.0 Å². The van der Waals surface area contributed by atoms with Crippen molar-refractivity contribution in [2.75, 3.05) is 26.2 Å². The van der Waals surface area contributed by atoms with Crippen LogP contribution in [0.15, 0.2) is 72.8 Å². The highest BCUT2D eigenvalue weighted by Crippen LogP contribution is 2.30. The number of piperazine rings is 1. The van der Waals surface area contributed by atoms with E-state index in [4.69, 9.17) is 10.00 Å². The van der Waals surface area contributed by atoms with Crippen LogP contribution in [0.4, 0.5) is 5.69 Å². The van der Waals surface area contributed by atoms with Gasteiger partial charge in [0.15, 0.2) is 0 Å². The second kappa shape index (κ2) is 9.94. The molecule has 3 aromatic rings. The number of rotatable bonds is 6. The first-order chi connectivity index (χ1) is 16.0. The predicted octanol–water partition coefficient (Wildman–Crippen LogP) is 4.22. The van der Waals surface area contributed by atoms with E-state index >= 15 is 0 Å². The summed E-state index contributed by atoms with van der Waals surface area (Å²) in [5.74, 6) is 0.548. The van der Waals surface area contributed by atoms with Gasteiger partial charge in [0.1, 0.15) is 11.5 Å². The Balaban J connectivity index is 1.46. The molecule has 3 aromatic carbocycles. The summed E-state index contributed by atoms with van der Waals surface area (Å²) in [6.45, 7) is 3.09. The molecule has 0 saturated carbocycles. The highest BCUT2D eigenvalue weighted by atomic mass is 16.6. The van der Waals surface area contributed by atoms with Gasteiger partial charge in [0.05, 0.1) is 22.1 Å². The Bertz CT molecular complexity index is 1180. The van der Waals surface area contributed by atoms with Crippen LogP contribution in [0.2, 0.25) is 0 Å².